The van der Waals surface area contributed by atoms with Gasteiger partial charge in [0, 0.05) is 12.2 Å². The molecule has 0 amide bonds. The summed E-state index contributed by atoms with van der Waals surface area (Å²) in [5.74, 6) is -0.607. The van der Waals surface area contributed by atoms with Gasteiger partial charge >= 0.3 is 0 Å². The van der Waals surface area contributed by atoms with Crippen molar-refractivity contribution in [1.29, 1.82) is 0 Å². The smallest absolute Gasteiger partial charge is 0.189 e. The van der Waals surface area contributed by atoms with Gasteiger partial charge in [0.2, 0.25) is 0 Å². The summed E-state index contributed by atoms with van der Waals surface area (Å²) >= 11 is 0. The van der Waals surface area contributed by atoms with E-state index in [-0.39, 0.29) is 34.8 Å². The van der Waals surface area contributed by atoms with E-state index in [0.717, 1.165) is 11.1 Å². The zero-order chi connectivity index (χ0) is 24.6. The van der Waals surface area contributed by atoms with Gasteiger partial charge in [-0.15, -0.1) is 0 Å². The first-order valence-corrected chi connectivity index (χ1v) is 11.1. The molecule has 0 aromatic heterocycles. The predicted molar refractivity (Wildman–Crippen MR) is 130 cm³/mol. The van der Waals surface area contributed by atoms with Crippen molar-refractivity contribution in [2.24, 2.45) is 0 Å². The van der Waals surface area contributed by atoms with Gasteiger partial charge in [-0.25, -0.2) is 0 Å². The second-order valence-corrected chi connectivity index (χ2v) is 8.59. The van der Waals surface area contributed by atoms with E-state index in [1.165, 1.54) is 30.3 Å². The van der Waals surface area contributed by atoms with Gasteiger partial charge in [-0.05, 0) is 82.9 Å². The highest BCUT2D eigenvalue weighted by molar-refractivity contribution is 6.09. The second kappa shape index (κ2) is 11.7. The van der Waals surface area contributed by atoms with Crippen molar-refractivity contribution in [3.05, 3.63) is 70.8 Å². The Hall–Kier alpha value is -3.09. The van der Waals surface area contributed by atoms with Crippen LogP contribution in [0.2, 0.25) is 0 Å². The molecule has 2 aromatic rings. The van der Waals surface area contributed by atoms with E-state index >= 15 is 0 Å². The van der Waals surface area contributed by atoms with E-state index in [4.69, 9.17) is 4.74 Å². The van der Waals surface area contributed by atoms with Gasteiger partial charge < -0.3 is 25.2 Å². The van der Waals surface area contributed by atoms with Crippen molar-refractivity contribution in [2.45, 2.75) is 58.7 Å². The highest BCUT2D eigenvalue weighted by atomic mass is 16.5. The molecule has 0 radical (unpaired) electrons. The maximum atomic E-state index is 12.6. The summed E-state index contributed by atoms with van der Waals surface area (Å²) in [6.07, 6.45) is 5.58. The lowest BCUT2D eigenvalue weighted by atomic mass is 9.94. The van der Waals surface area contributed by atoms with Crippen LogP contribution in [0.25, 0.3) is 6.08 Å². The van der Waals surface area contributed by atoms with Crippen molar-refractivity contribution in [3.8, 4) is 17.2 Å². The number of phenolic OH excluding ortho intramolecular Hbond substituents is 3. The van der Waals surface area contributed by atoms with Crippen LogP contribution in [0.1, 0.15) is 62.0 Å². The van der Waals surface area contributed by atoms with Gasteiger partial charge in [0.1, 0.15) is 17.2 Å². The van der Waals surface area contributed by atoms with Gasteiger partial charge in [-0.1, -0.05) is 29.9 Å². The number of carbonyl (C=O) groups excluding carboxylic acids is 1. The number of hydrogen-bond acceptors (Lipinski definition) is 6. The summed E-state index contributed by atoms with van der Waals surface area (Å²) < 4.78 is 5.59. The van der Waals surface area contributed by atoms with Crippen molar-refractivity contribution < 1.29 is 30.0 Å². The number of rotatable bonds is 11. The van der Waals surface area contributed by atoms with Crippen molar-refractivity contribution in [2.75, 3.05) is 6.61 Å². The van der Waals surface area contributed by atoms with E-state index in [1.54, 1.807) is 18.2 Å². The van der Waals surface area contributed by atoms with E-state index in [2.05, 4.69) is 0 Å². The zero-order valence-electron chi connectivity index (χ0n) is 19.7. The fourth-order valence-electron chi connectivity index (χ4n) is 3.43. The monoisotopic (exact) mass is 454 g/mol. The van der Waals surface area contributed by atoms with Crippen LogP contribution in [-0.2, 0) is 11.2 Å². The molecular weight excluding hydrogens is 420 g/mol. The van der Waals surface area contributed by atoms with Crippen LogP contribution >= 0.6 is 0 Å². The number of benzene rings is 2. The number of ether oxygens (including phenoxy) is 1. The summed E-state index contributed by atoms with van der Waals surface area (Å²) in [6, 6.07) is 9.16. The Labute approximate surface area is 195 Å². The maximum absolute atomic E-state index is 12.6. The second-order valence-electron chi connectivity index (χ2n) is 8.59. The third-order valence-electron chi connectivity index (χ3n) is 5.63. The van der Waals surface area contributed by atoms with Crippen LogP contribution in [0.3, 0.4) is 0 Å². The van der Waals surface area contributed by atoms with Crippen LogP contribution in [0.4, 0.5) is 0 Å². The predicted octanol–water partition coefficient (Wildman–Crippen LogP) is 5.14. The molecule has 0 fully saturated rings. The molecule has 0 saturated heterocycles. The van der Waals surface area contributed by atoms with E-state index in [0.29, 0.717) is 19.4 Å². The number of phenols is 3. The molecule has 178 valence electrons. The van der Waals surface area contributed by atoms with Crippen LogP contribution in [0.5, 0.6) is 17.2 Å². The molecule has 4 N–H and O–H groups in total. The summed E-state index contributed by atoms with van der Waals surface area (Å²) in [6.45, 7) is 8.05. The van der Waals surface area contributed by atoms with Crippen LogP contribution in [0, 0.1) is 0 Å². The third kappa shape index (κ3) is 7.48. The first-order chi connectivity index (χ1) is 15.5. The molecular formula is C27H34O6. The number of aromatic hydroxyl groups is 3. The molecule has 0 aliphatic rings. The quantitative estimate of drug-likeness (QED) is 0.213. The molecule has 0 aliphatic heterocycles. The van der Waals surface area contributed by atoms with E-state index in [1.807, 2.05) is 33.8 Å². The number of ketones is 1. The largest absolute Gasteiger partial charge is 0.508 e. The maximum Gasteiger partial charge on any atom is 0.189 e. The Balaban J connectivity index is 2.09. The van der Waals surface area contributed by atoms with Gasteiger partial charge in [-0.2, -0.15) is 0 Å². The lowest BCUT2D eigenvalue weighted by molar-refractivity contribution is -0.0983. The number of aliphatic hydroxyl groups excluding tert-OH is 1. The van der Waals surface area contributed by atoms with Crippen LogP contribution in [0.15, 0.2) is 54.1 Å². The Bertz CT molecular complexity index is 1000. The molecule has 6 nitrogen and oxygen atoms in total. The molecule has 0 heterocycles. The lowest BCUT2D eigenvalue weighted by Crippen LogP contribution is -2.39. The summed E-state index contributed by atoms with van der Waals surface area (Å²) in [7, 11) is 0. The highest BCUT2D eigenvalue weighted by Crippen LogP contribution is 2.32. The zero-order valence-corrected chi connectivity index (χ0v) is 19.7. The molecule has 33 heavy (non-hydrogen) atoms. The van der Waals surface area contributed by atoms with Crippen LogP contribution in [-0.4, -0.2) is 44.5 Å². The summed E-state index contributed by atoms with van der Waals surface area (Å²) in [5, 5.41) is 40.6. The van der Waals surface area contributed by atoms with Crippen molar-refractivity contribution in [3.63, 3.8) is 0 Å². The summed E-state index contributed by atoms with van der Waals surface area (Å²) in [4.78, 5) is 12.6. The molecule has 1 unspecified atom stereocenters. The average Bonchev–Trinajstić information content (AvgIpc) is 2.76. The van der Waals surface area contributed by atoms with E-state index in [9.17, 15) is 25.2 Å². The van der Waals surface area contributed by atoms with Crippen LogP contribution < -0.4 is 0 Å². The Morgan fingerprint density at radius 2 is 1.76 bits per heavy atom. The van der Waals surface area contributed by atoms with E-state index < -0.39 is 17.5 Å². The molecule has 2 rings (SSSR count). The van der Waals surface area contributed by atoms with Crippen molar-refractivity contribution >= 4 is 11.9 Å². The topological polar surface area (TPSA) is 107 Å². The third-order valence-corrected chi connectivity index (χ3v) is 5.63. The molecule has 2 aromatic carbocycles. The molecule has 0 bridgehead atoms. The minimum Gasteiger partial charge on any atom is -0.508 e. The fraction of sp³-hybridized carbons (Fsp3) is 0.370. The summed E-state index contributed by atoms with van der Waals surface area (Å²) in [5.41, 5.74) is 1.46. The molecule has 6 heteroatoms. The minimum atomic E-state index is -0.631. The Morgan fingerprint density at radius 3 is 2.39 bits per heavy atom. The molecule has 0 spiro atoms. The lowest BCUT2D eigenvalue weighted by Gasteiger charge is -2.30. The van der Waals surface area contributed by atoms with Gasteiger partial charge in [0.05, 0.1) is 17.3 Å². The number of allylic oxidation sites excluding steroid dienone is 3. The number of hydrogen-bond donors (Lipinski definition) is 4. The van der Waals surface area contributed by atoms with Gasteiger partial charge in [-0.3, -0.25) is 4.79 Å². The molecule has 1 atom stereocenters. The first-order valence-electron chi connectivity index (χ1n) is 11.1. The SMILES string of the molecule is CCOC(C)(C)C(O)CC/C(C)=C/Cc1c(O)ccc(C(=O)/C=C/c2ccc(O)cc2)c1O. The number of aliphatic hydroxyl groups is 1. The standard InChI is InChI=1S/C27H34O6/c1-5-33-27(3,4)25(31)17-7-18(2)6-13-21-24(30)16-14-22(26(21)32)23(29)15-10-19-8-11-20(28)12-9-19/h6,8-12,14-16,25,28,30-32H,5,7,13,17H2,1-4H3/b15-10+,18-6+. The number of carbonyl (C=O) groups is 1. The minimum absolute atomic E-state index is 0.0897. The normalized spacial score (nSPS) is 13.4. The Kier molecular flexibility index (Phi) is 9.26. The fourth-order valence-corrected chi connectivity index (χ4v) is 3.43. The Morgan fingerprint density at radius 1 is 1.09 bits per heavy atom. The molecule has 0 saturated carbocycles. The average molecular weight is 455 g/mol. The first kappa shape index (κ1) is 26.2. The van der Waals surface area contributed by atoms with Gasteiger partial charge in [0.25, 0.3) is 0 Å². The van der Waals surface area contributed by atoms with Gasteiger partial charge in [0.15, 0.2) is 5.78 Å². The molecule has 0 aliphatic carbocycles. The van der Waals surface area contributed by atoms with Crippen molar-refractivity contribution in [1.82, 2.24) is 0 Å². The highest BCUT2D eigenvalue weighted by Gasteiger charge is 2.27.